The fraction of sp³-hybridized carbons (Fsp3) is 0.429. The summed E-state index contributed by atoms with van der Waals surface area (Å²) in [7, 11) is -3.65. The summed E-state index contributed by atoms with van der Waals surface area (Å²) in [5.74, 6) is 1.06. The maximum absolute atomic E-state index is 12.8. The summed E-state index contributed by atoms with van der Waals surface area (Å²) in [4.78, 5) is 14.2. The molecule has 1 aliphatic heterocycles. The van der Waals surface area contributed by atoms with E-state index in [-0.39, 0.29) is 4.90 Å². The summed E-state index contributed by atoms with van der Waals surface area (Å²) < 4.78 is 28.3. The first kappa shape index (κ1) is 27.8. The molecule has 4 rings (SSSR count). The molecule has 0 radical (unpaired) electrons. The zero-order valence-electron chi connectivity index (χ0n) is 23.0. The molecule has 0 unspecified atom stereocenters. The zero-order valence-corrected chi connectivity index (χ0v) is 23.8. The molecule has 204 valence electrons. The van der Waals surface area contributed by atoms with Crippen LogP contribution in [0.25, 0.3) is 0 Å². The minimum absolute atomic E-state index is 0.190. The minimum Gasteiger partial charge on any atom is -0.369 e. The Morgan fingerprint density at radius 2 is 1.63 bits per heavy atom. The van der Waals surface area contributed by atoms with Gasteiger partial charge in [0.05, 0.1) is 4.90 Å². The molecule has 3 aromatic rings. The van der Waals surface area contributed by atoms with Gasteiger partial charge < -0.3 is 15.5 Å². The lowest BCUT2D eigenvalue weighted by Crippen LogP contribution is -2.46. The Morgan fingerprint density at radius 3 is 2.32 bits per heavy atom. The molecule has 2 aromatic carbocycles. The molecule has 2 heterocycles. The molecule has 0 atom stereocenters. The molecule has 38 heavy (non-hydrogen) atoms. The normalized spacial score (nSPS) is 14.9. The number of piperazine rings is 1. The number of benzene rings is 2. The van der Waals surface area contributed by atoms with E-state index in [4.69, 9.17) is 0 Å². The predicted molar refractivity (Wildman–Crippen MR) is 155 cm³/mol. The van der Waals surface area contributed by atoms with Gasteiger partial charge in [-0.2, -0.15) is 4.98 Å². The number of aryl methyl sites for hydroxylation is 1. The van der Waals surface area contributed by atoms with Gasteiger partial charge in [0.15, 0.2) is 0 Å². The Kier molecular flexibility index (Phi) is 8.54. The summed E-state index contributed by atoms with van der Waals surface area (Å²) in [5, 5.41) is 6.58. The van der Waals surface area contributed by atoms with Crippen molar-refractivity contribution < 1.29 is 8.42 Å². The van der Waals surface area contributed by atoms with Crippen molar-refractivity contribution in [1.82, 2.24) is 19.6 Å². The number of nitrogens with one attached hydrogen (secondary N) is 3. The van der Waals surface area contributed by atoms with E-state index < -0.39 is 15.6 Å². The molecule has 9 nitrogen and oxygen atoms in total. The van der Waals surface area contributed by atoms with Gasteiger partial charge in [-0.1, -0.05) is 19.1 Å². The maximum Gasteiger partial charge on any atom is 0.241 e. The quantitative estimate of drug-likeness (QED) is 0.355. The van der Waals surface area contributed by atoms with E-state index in [0.717, 1.165) is 44.0 Å². The van der Waals surface area contributed by atoms with Gasteiger partial charge in [0.25, 0.3) is 0 Å². The number of sulfonamides is 1. The van der Waals surface area contributed by atoms with Gasteiger partial charge in [-0.25, -0.2) is 18.1 Å². The molecule has 0 aliphatic carbocycles. The number of rotatable bonds is 9. The highest BCUT2D eigenvalue weighted by atomic mass is 32.2. The third kappa shape index (κ3) is 7.43. The van der Waals surface area contributed by atoms with E-state index in [1.54, 1.807) is 24.4 Å². The molecule has 10 heteroatoms. The maximum atomic E-state index is 12.8. The first-order chi connectivity index (χ1) is 18.0. The van der Waals surface area contributed by atoms with Gasteiger partial charge in [0.2, 0.25) is 16.0 Å². The lowest BCUT2D eigenvalue weighted by molar-refractivity contribution is 0.258. The Balaban J connectivity index is 1.47. The van der Waals surface area contributed by atoms with Crippen molar-refractivity contribution in [2.45, 2.75) is 51.5 Å². The molecule has 3 N–H and O–H groups in total. The first-order valence-corrected chi connectivity index (χ1v) is 14.6. The van der Waals surface area contributed by atoms with Crippen LogP contribution in [0.5, 0.6) is 0 Å². The van der Waals surface area contributed by atoms with Crippen LogP contribution in [0.4, 0.5) is 28.8 Å². The van der Waals surface area contributed by atoms with Crippen LogP contribution in [0.2, 0.25) is 0 Å². The van der Waals surface area contributed by atoms with Crippen LogP contribution in [0.15, 0.2) is 59.6 Å². The van der Waals surface area contributed by atoms with E-state index in [1.807, 2.05) is 45.9 Å². The average Bonchev–Trinajstić information content (AvgIpc) is 2.86. The van der Waals surface area contributed by atoms with Gasteiger partial charge in [-0.05, 0) is 77.1 Å². The summed E-state index contributed by atoms with van der Waals surface area (Å²) in [5.41, 5.74) is 2.98. The van der Waals surface area contributed by atoms with E-state index >= 15 is 0 Å². The van der Waals surface area contributed by atoms with E-state index in [0.29, 0.717) is 17.5 Å². The summed E-state index contributed by atoms with van der Waals surface area (Å²) >= 11 is 0. The van der Waals surface area contributed by atoms with Crippen LogP contribution in [0.1, 0.15) is 39.7 Å². The monoisotopic (exact) mass is 537 g/mol. The van der Waals surface area contributed by atoms with Crippen LogP contribution in [-0.4, -0.2) is 61.5 Å². The van der Waals surface area contributed by atoms with E-state index in [2.05, 4.69) is 54.2 Å². The molecule has 1 saturated heterocycles. The number of anilines is 5. The Hall–Kier alpha value is -3.21. The molecule has 0 spiro atoms. The van der Waals surface area contributed by atoms with Crippen molar-refractivity contribution >= 4 is 38.9 Å². The van der Waals surface area contributed by atoms with Gasteiger partial charge in [0, 0.05) is 60.5 Å². The SMILES string of the molecule is CCCN1CCN(c2cccc(Nc3ncc(C)c(Nc4cccc(S(=O)(=O)NC(C)(C)C)c4)n3)c2)CC1. The van der Waals surface area contributed by atoms with Crippen molar-refractivity contribution in [3.05, 3.63) is 60.3 Å². The van der Waals surface area contributed by atoms with Crippen LogP contribution in [-0.2, 0) is 10.0 Å². The van der Waals surface area contributed by atoms with Gasteiger partial charge in [-0.3, -0.25) is 4.90 Å². The lowest BCUT2D eigenvalue weighted by atomic mass is 10.1. The molecule has 1 aliphatic rings. The van der Waals surface area contributed by atoms with E-state index in [1.165, 1.54) is 12.1 Å². The highest BCUT2D eigenvalue weighted by molar-refractivity contribution is 7.89. The van der Waals surface area contributed by atoms with E-state index in [9.17, 15) is 8.42 Å². The van der Waals surface area contributed by atoms with Crippen molar-refractivity contribution in [3.8, 4) is 0 Å². The second-order valence-electron chi connectivity index (χ2n) is 10.7. The molecule has 0 saturated carbocycles. The first-order valence-electron chi connectivity index (χ1n) is 13.1. The van der Waals surface area contributed by atoms with Crippen molar-refractivity contribution in [2.75, 3.05) is 48.3 Å². The molecule has 0 bridgehead atoms. The summed E-state index contributed by atoms with van der Waals surface area (Å²) in [6.45, 7) is 14.9. The third-order valence-electron chi connectivity index (χ3n) is 6.20. The van der Waals surface area contributed by atoms with Crippen LogP contribution >= 0.6 is 0 Å². The highest BCUT2D eigenvalue weighted by Crippen LogP contribution is 2.26. The minimum atomic E-state index is -3.65. The smallest absolute Gasteiger partial charge is 0.241 e. The Bertz CT molecular complexity index is 1350. The van der Waals surface area contributed by atoms with Gasteiger partial charge >= 0.3 is 0 Å². The number of nitrogens with zero attached hydrogens (tertiary/aromatic N) is 4. The number of hydrogen-bond donors (Lipinski definition) is 3. The molecule has 1 fully saturated rings. The van der Waals surface area contributed by atoms with Crippen LogP contribution in [0.3, 0.4) is 0 Å². The Labute approximate surface area is 226 Å². The van der Waals surface area contributed by atoms with Crippen molar-refractivity contribution in [3.63, 3.8) is 0 Å². The highest BCUT2D eigenvalue weighted by Gasteiger charge is 2.22. The van der Waals surface area contributed by atoms with Crippen LogP contribution in [0, 0.1) is 6.92 Å². The fourth-order valence-electron chi connectivity index (χ4n) is 4.42. The fourth-order valence-corrected chi connectivity index (χ4v) is 5.89. The van der Waals surface area contributed by atoms with Crippen molar-refractivity contribution in [2.24, 2.45) is 0 Å². The molecular weight excluding hydrogens is 498 g/mol. The topological polar surface area (TPSA) is 102 Å². The molecule has 0 amide bonds. The van der Waals surface area contributed by atoms with Crippen LogP contribution < -0.4 is 20.3 Å². The predicted octanol–water partition coefficient (Wildman–Crippen LogP) is 4.88. The number of hydrogen-bond acceptors (Lipinski definition) is 8. The summed E-state index contributed by atoms with van der Waals surface area (Å²) in [6, 6.07) is 15.0. The van der Waals surface area contributed by atoms with Crippen molar-refractivity contribution in [1.29, 1.82) is 0 Å². The average molecular weight is 538 g/mol. The Morgan fingerprint density at radius 1 is 0.947 bits per heavy atom. The molecular formula is C28H39N7O2S. The molecule has 1 aromatic heterocycles. The zero-order chi connectivity index (χ0) is 27.3. The standard InChI is InChI=1S/C28H39N7O2S/c1-6-13-34-14-16-35(17-15-34)24-11-7-9-22(18-24)31-27-29-20-21(2)26(32-27)30-23-10-8-12-25(19-23)38(36,37)33-28(3,4)5/h7-12,18-20,33H,6,13-17H2,1-5H3,(H2,29,30,31,32). The third-order valence-corrected chi connectivity index (χ3v) is 7.95. The lowest BCUT2D eigenvalue weighted by Gasteiger charge is -2.36. The summed E-state index contributed by atoms with van der Waals surface area (Å²) in [6.07, 6.45) is 2.93. The number of aromatic nitrogens is 2. The van der Waals surface area contributed by atoms with Gasteiger partial charge in [-0.15, -0.1) is 0 Å². The largest absolute Gasteiger partial charge is 0.369 e. The second-order valence-corrected chi connectivity index (χ2v) is 12.4. The van der Waals surface area contributed by atoms with Gasteiger partial charge in [0.1, 0.15) is 5.82 Å². The second kappa shape index (κ2) is 11.7.